The van der Waals surface area contributed by atoms with E-state index in [1.165, 1.54) is 6.92 Å². The molecule has 10 nitrogen and oxygen atoms in total. The number of aryl methyl sites for hydroxylation is 1. The van der Waals surface area contributed by atoms with Crippen LogP contribution in [0.25, 0.3) is 28.2 Å². The highest BCUT2D eigenvalue weighted by Crippen LogP contribution is 2.31. The highest BCUT2D eigenvalue weighted by atomic mass is 19.4. The smallest absolute Gasteiger partial charge is 0.389 e. The average molecular weight is 509 g/mol. The number of imidazole rings is 1. The van der Waals surface area contributed by atoms with E-state index >= 15 is 0 Å². The van der Waals surface area contributed by atoms with Crippen LogP contribution in [0.4, 0.5) is 24.7 Å². The number of aliphatic hydroxyl groups is 1. The van der Waals surface area contributed by atoms with E-state index < -0.39 is 18.8 Å². The van der Waals surface area contributed by atoms with Crippen molar-refractivity contribution in [3.8, 4) is 17.2 Å². The molecule has 4 aromatic heterocycles. The highest BCUT2D eigenvalue weighted by molar-refractivity contribution is 5.82. The second kappa shape index (κ2) is 9.24. The van der Waals surface area contributed by atoms with Crippen molar-refractivity contribution in [1.82, 2.24) is 39.7 Å². The quantitative estimate of drug-likeness (QED) is 0.345. The third-order valence-electron chi connectivity index (χ3n) is 5.76. The van der Waals surface area contributed by atoms with Crippen molar-refractivity contribution in [3.05, 3.63) is 65.7 Å². The summed E-state index contributed by atoms with van der Waals surface area (Å²) in [6.45, 7) is 3.62. The molecule has 0 aliphatic rings. The van der Waals surface area contributed by atoms with E-state index in [0.29, 0.717) is 22.7 Å². The number of fused-ring (bicyclic) bond motifs is 1. The number of rotatable bonds is 6. The van der Waals surface area contributed by atoms with Crippen LogP contribution in [0.3, 0.4) is 0 Å². The minimum atomic E-state index is -4.45. The number of hydrogen-bond donors (Lipinski definition) is 2. The van der Waals surface area contributed by atoms with Gasteiger partial charge in [0.2, 0.25) is 0 Å². The molecule has 1 aromatic carbocycles. The molecule has 0 bridgehead atoms. The molecule has 0 saturated heterocycles. The lowest BCUT2D eigenvalue weighted by Crippen LogP contribution is -2.19. The number of aliphatic hydroxyl groups excluding tert-OH is 1. The number of aromatic nitrogens is 8. The number of nitrogens with one attached hydrogen (secondary N) is 1. The molecule has 5 aromatic rings. The second-order valence-corrected chi connectivity index (χ2v) is 8.58. The Hall–Kier alpha value is -4.39. The number of hydrogen-bond acceptors (Lipinski definition) is 8. The first kappa shape index (κ1) is 24.3. The van der Waals surface area contributed by atoms with Gasteiger partial charge in [0.05, 0.1) is 28.5 Å². The molecule has 2 N–H and O–H groups in total. The van der Waals surface area contributed by atoms with Crippen LogP contribution in [0.1, 0.15) is 30.0 Å². The molecule has 0 aliphatic carbocycles. The number of halogens is 3. The molecule has 0 fully saturated rings. The zero-order valence-electron chi connectivity index (χ0n) is 20.1. The molecule has 1 atom stereocenters. The van der Waals surface area contributed by atoms with Gasteiger partial charge in [-0.05, 0) is 57.2 Å². The van der Waals surface area contributed by atoms with Crippen LogP contribution < -0.4 is 5.32 Å². The summed E-state index contributed by atoms with van der Waals surface area (Å²) in [5.74, 6) is 1.05. The number of alkyl halides is 3. The summed E-state index contributed by atoms with van der Waals surface area (Å²) in [6.07, 6.45) is -3.78. The first-order chi connectivity index (χ1) is 17.6. The normalized spacial score (nSPS) is 12.7. The minimum absolute atomic E-state index is 0.164. The van der Waals surface area contributed by atoms with Gasteiger partial charge in [-0.15, -0.1) is 10.2 Å². The molecule has 1 unspecified atom stereocenters. The Bertz CT molecular complexity index is 1570. The molecule has 37 heavy (non-hydrogen) atoms. The first-order valence-corrected chi connectivity index (χ1v) is 11.3. The Morgan fingerprint density at radius 1 is 1.00 bits per heavy atom. The van der Waals surface area contributed by atoms with E-state index in [-0.39, 0.29) is 17.1 Å². The van der Waals surface area contributed by atoms with Gasteiger partial charge < -0.3 is 10.4 Å². The fraction of sp³-hybridized carbons (Fsp3) is 0.250. The maximum Gasteiger partial charge on any atom is 0.408 e. The number of benzene rings is 1. The number of nitrogens with zero attached hydrogens (tertiary/aromatic N) is 8. The number of pyridine rings is 1. The van der Waals surface area contributed by atoms with Crippen LogP contribution in [0, 0.1) is 13.8 Å². The lowest BCUT2D eigenvalue weighted by Gasteiger charge is -2.13. The molecule has 0 radical (unpaired) electrons. The lowest BCUT2D eigenvalue weighted by atomic mass is 10.1. The molecule has 0 spiro atoms. The van der Waals surface area contributed by atoms with Crippen molar-refractivity contribution < 1.29 is 18.3 Å². The van der Waals surface area contributed by atoms with Crippen molar-refractivity contribution in [2.45, 2.75) is 39.6 Å². The Balaban J connectivity index is 1.52. The number of anilines is 2. The van der Waals surface area contributed by atoms with Crippen molar-refractivity contribution in [2.24, 2.45) is 0 Å². The van der Waals surface area contributed by atoms with Crippen LogP contribution >= 0.6 is 0 Å². The van der Waals surface area contributed by atoms with Gasteiger partial charge in [0.15, 0.2) is 5.82 Å². The Kier molecular flexibility index (Phi) is 6.07. The zero-order chi connectivity index (χ0) is 26.3. The topological polar surface area (TPSA) is 119 Å². The minimum Gasteiger partial charge on any atom is -0.389 e. The zero-order valence-corrected chi connectivity index (χ0v) is 20.1. The van der Waals surface area contributed by atoms with Gasteiger partial charge in [-0.3, -0.25) is 4.57 Å². The van der Waals surface area contributed by atoms with Gasteiger partial charge in [-0.2, -0.15) is 18.3 Å². The van der Waals surface area contributed by atoms with Crippen LogP contribution in [0.2, 0.25) is 0 Å². The van der Waals surface area contributed by atoms with Crippen LogP contribution in [-0.2, 0) is 6.54 Å². The van der Waals surface area contributed by atoms with Gasteiger partial charge in [0.1, 0.15) is 30.1 Å². The van der Waals surface area contributed by atoms with E-state index in [1.807, 2.05) is 37.3 Å². The Morgan fingerprint density at radius 2 is 1.81 bits per heavy atom. The molecular weight excluding hydrogens is 487 g/mol. The van der Waals surface area contributed by atoms with E-state index in [0.717, 1.165) is 21.6 Å². The summed E-state index contributed by atoms with van der Waals surface area (Å²) >= 11 is 0. The summed E-state index contributed by atoms with van der Waals surface area (Å²) in [5.41, 5.74) is 4.03. The van der Waals surface area contributed by atoms with Crippen LogP contribution in [0.5, 0.6) is 0 Å². The Labute approximate surface area is 208 Å². The van der Waals surface area contributed by atoms with Gasteiger partial charge in [0, 0.05) is 11.3 Å². The summed E-state index contributed by atoms with van der Waals surface area (Å²) in [5, 5.41) is 29.2. The molecule has 0 saturated carbocycles. The molecule has 4 heterocycles. The maximum absolute atomic E-state index is 12.9. The van der Waals surface area contributed by atoms with Gasteiger partial charge in [-0.25, -0.2) is 14.6 Å². The van der Waals surface area contributed by atoms with Gasteiger partial charge in [-0.1, -0.05) is 11.3 Å². The van der Waals surface area contributed by atoms with Crippen molar-refractivity contribution >= 4 is 22.5 Å². The summed E-state index contributed by atoms with van der Waals surface area (Å²) < 4.78 is 41.3. The molecule has 13 heteroatoms. The fourth-order valence-electron chi connectivity index (χ4n) is 3.91. The maximum atomic E-state index is 12.9. The monoisotopic (exact) mass is 509 g/mol. The van der Waals surface area contributed by atoms with E-state index in [2.05, 4.69) is 35.8 Å². The first-order valence-electron chi connectivity index (χ1n) is 11.3. The third-order valence-corrected chi connectivity index (χ3v) is 5.76. The van der Waals surface area contributed by atoms with Crippen molar-refractivity contribution in [1.29, 1.82) is 0 Å². The molecule has 5 rings (SSSR count). The van der Waals surface area contributed by atoms with Gasteiger partial charge in [0.25, 0.3) is 0 Å². The fourth-order valence-corrected chi connectivity index (χ4v) is 3.91. The van der Waals surface area contributed by atoms with Crippen molar-refractivity contribution in [2.75, 3.05) is 5.32 Å². The van der Waals surface area contributed by atoms with Crippen LogP contribution in [-0.4, -0.2) is 51.0 Å². The molecular formula is C24H22F3N9O. The van der Waals surface area contributed by atoms with E-state index in [4.69, 9.17) is 0 Å². The largest absolute Gasteiger partial charge is 0.408 e. The standard InChI is InChI=1S/C24H22F3N9O/c1-13-4-8-20(32-31-13)29-16-5-7-19-18(10-16)28-12-35(19)21-9-6-17(15(3)37)23(30-21)22-14(2)36(34-33-22)11-24(25,26)27/h4-10,12,15,37H,11H2,1-3H3,(H,29,32). The Morgan fingerprint density at radius 3 is 2.51 bits per heavy atom. The lowest BCUT2D eigenvalue weighted by molar-refractivity contribution is -0.143. The summed E-state index contributed by atoms with van der Waals surface area (Å²) in [7, 11) is 0. The summed E-state index contributed by atoms with van der Waals surface area (Å²) in [6, 6.07) is 12.6. The predicted octanol–water partition coefficient (Wildman–Crippen LogP) is 4.45. The SMILES string of the molecule is Cc1ccc(Nc2ccc3c(c2)ncn3-c2ccc(C(C)O)c(-c3nnn(CC(F)(F)F)c3C)n2)nn1. The van der Waals surface area contributed by atoms with E-state index in [9.17, 15) is 18.3 Å². The predicted molar refractivity (Wildman–Crippen MR) is 129 cm³/mol. The third kappa shape index (κ3) is 4.98. The van der Waals surface area contributed by atoms with Crippen LogP contribution in [0.15, 0.2) is 48.8 Å². The highest BCUT2D eigenvalue weighted by Gasteiger charge is 2.30. The molecule has 190 valence electrons. The van der Waals surface area contributed by atoms with Gasteiger partial charge >= 0.3 is 6.18 Å². The van der Waals surface area contributed by atoms with Crippen molar-refractivity contribution in [3.63, 3.8) is 0 Å². The average Bonchev–Trinajstić information content (AvgIpc) is 3.42. The molecule has 0 amide bonds. The summed E-state index contributed by atoms with van der Waals surface area (Å²) in [4.78, 5) is 9.13. The molecule has 0 aliphatic heterocycles. The van der Waals surface area contributed by atoms with E-state index in [1.54, 1.807) is 30.0 Å². The second-order valence-electron chi connectivity index (χ2n) is 8.58.